The fourth-order valence-corrected chi connectivity index (χ4v) is 5.47. The number of benzene rings is 2. The van der Waals surface area contributed by atoms with Gasteiger partial charge in [-0.2, -0.15) is 0 Å². The quantitative estimate of drug-likeness (QED) is 0.623. The van der Waals surface area contributed by atoms with Crippen molar-refractivity contribution in [3.63, 3.8) is 0 Å². The summed E-state index contributed by atoms with van der Waals surface area (Å²) in [5, 5.41) is 3.41. The van der Waals surface area contributed by atoms with Crippen LogP contribution in [0.4, 0.5) is 0 Å². The first-order valence-electron chi connectivity index (χ1n) is 11.0. The van der Waals surface area contributed by atoms with Crippen LogP contribution in [-0.4, -0.2) is 38.4 Å². The van der Waals surface area contributed by atoms with Crippen LogP contribution >= 0.6 is 0 Å². The van der Waals surface area contributed by atoms with Crippen LogP contribution in [0.1, 0.15) is 55.8 Å². The lowest BCUT2D eigenvalue weighted by Crippen LogP contribution is -2.43. The maximum Gasteiger partial charge on any atom is 0.244 e. The molecule has 2 aromatic carbocycles. The fourth-order valence-electron chi connectivity index (χ4n) is 3.98. The molecule has 1 saturated heterocycles. The van der Waals surface area contributed by atoms with Gasteiger partial charge in [0.25, 0.3) is 0 Å². The first kappa shape index (κ1) is 23.4. The normalized spacial score (nSPS) is 15.8. The van der Waals surface area contributed by atoms with Gasteiger partial charge in [0.2, 0.25) is 15.9 Å². The highest BCUT2D eigenvalue weighted by molar-refractivity contribution is 7.88. The minimum atomic E-state index is -3.43. The highest BCUT2D eigenvalue weighted by Gasteiger charge is 2.27. The van der Waals surface area contributed by atoms with Crippen LogP contribution in [0.3, 0.4) is 0 Å². The van der Waals surface area contributed by atoms with Gasteiger partial charge in [-0.15, -0.1) is 0 Å². The smallest absolute Gasteiger partial charge is 0.244 e. The van der Waals surface area contributed by atoms with E-state index in [1.54, 1.807) is 0 Å². The largest absolute Gasteiger partial charge is 0.341 e. The van der Waals surface area contributed by atoms with Gasteiger partial charge in [0, 0.05) is 25.7 Å². The Hall–Kier alpha value is -2.22. The second-order valence-corrected chi connectivity index (χ2v) is 10.2. The number of nitrogens with one attached hydrogen (secondary N) is 2. The Balaban J connectivity index is 1.78. The SMILES string of the molecule is CC(C)NS(=O)(=O)Cc1ccccc1CNC(C(=O)N1CCCCC1)c1ccccc1. The molecular weight excluding hydrogens is 410 g/mol. The molecule has 1 aliphatic heterocycles. The molecule has 0 aromatic heterocycles. The topological polar surface area (TPSA) is 78.5 Å². The molecule has 1 atom stereocenters. The van der Waals surface area contributed by atoms with Gasteiger partial charge in [-0.1, -0.05) is 54.6 Å². The van der Waals surface area contributed by atoms with Crippen LogP contribution in [0.2, 0.25) is 0 Å². The van der Waals surface area contributed by atoms with Crippen molar-refractivity contribution in [2.24, 2.45) is 0 Å². The van der Waals surface area contributed by atoms with Gasteiger partial charge in [0.05, 0.1) is 5.75 Å². The van der Waals surface area contributed by atoms with E-state index in [1.807, 2.05) is 73.3 Å². The van der Waals surface area contributed by atoms with E-state index >= 15 is 0 Å². The average molecular weight is 444 g/mol. The molecule has 7 heteroatoms. The molecule has 31 heavy (non-hydrogen) atoms. The highest BCUT2D eigenvalue weighted by Crippen LogP contribution is 2.21. The minimum absolute atomic E-state index is 0.0810. The second-order valence-electron chi connectivity index (χ2n) is 8.41. The Morgan fingerprint density at radius 3 is 2.19 bits per heavy atom. The molecule has 0 spiro atoms. The standard InChI is InChI=1S/C24H33N3O3S/c1-19(2)26-31(29,30)18-22-14-8-7-13-21(22)17-25-23(20-11-5-3-6-12-20)24(28)27-15-9-4-10-16-27/h3,5-8,11-14,19,23,25-26H,4,9-10,15-18H2,1-2H3. The summed E-state index contributed by atoms with van der Waals surface area (Å²) in [5.41, 5.74) is 2.54. The molecule has 1 unspecified atom stereocenters. The Morgan fingerprint density at radius 2 is 1.55 bits per heavy atom. The number of piperidine rings is 1. The molecule has 0 bridgehead atoms. The van der Waals surface area contributed by atoms with Crippen molar-refractivity contribution in [2.75, 3.05) is 13.1 Å². The molecule has 2 aromatic rings. The zero-order chi connectivity index (χ0) is 22.3. The molecule has 6 nitrogen and oxygen atoms in total. The monoisotopic (exact) mass is 443 g/mol. The Labute approximate surface area is 186 Å². The van der Waals surface area contributed by atoms with E-state index in [9.17, 15) is 13.2 Å². The average Bonchev–Trinajstić information content (AvgIpc) is 2.75. The van der Waals surface area contributed by atoms with Crippen molar-refractivity contribution in [1.29, 1.82) is 0 Å². The summed E-state index contributed by atoms with van der Waals surface area (Å²) in [6.45, 7) is 5.61. The summed E-state index contributed by atoms with van der Waals surface area (Å²) < 4.78 is 27.5. The number of hydrogen-bond acceptors (Lipinski definition) is 4. The lowest BCUT2D eigenvalue weighted by atomic mass is 10.0. The van der Waals surface area contributed by atoms with Gasteiger partial charge in [0.15, 0.2) is 0 Å². The van der Waals surface area contributed by atoms with Crippen LogP contribution < -0.4 is 10.0 Å². The summed E-state index contributed by atoms with van der Waals surface area (Å²) in [4.78, 5) is 15.3. The van der Waals surface area contributed by atoms with Crippen molar-refractivity contribution < 1.29 is 13.2 Å². The number of carbonyl (C=O) groups is 1. The summed E-state index contributed by atoms with van der Waals surface area (Å²) in [6, 6.07) is 16.6. The molecule has 2 N–H and O–H groups in total. The molecule has 1 heterocycles. The first-order chi connectivity index (χ1) is 14.9. The van der Waals surface area contributed by atoms with Gasteiger partial charge >= 0.3 is 0 Å². The lowest BCUT2D eigenvalue weighted by Gasteiger charge is -2.31. The zero-order valence-corrected chi connectivity index (χ0v) is 19.2. The first-order valence-corrected chi connectivity index (χ1v) is 12.6. The molecule has 0 radical (unpaired) electrons. The third-order valence-corrected chi connectivity index (χ3v) is 6.94. The van der Waals surface area contributed by atoms with Gasteiger partial charge in [0.1, 0.15) is 6.04 Å². The zero-order valence-electron chi connectivity index (χ0n) is 18.4. The van der Waals surface area contributed by atoms with Crippen molar-refractivity contribution in [3.05, 3.63) is 71.3 Å². The number of carbonyl (C=O) groups excluding carboxylic acids is 1. The van der Waals surface area contributed by atoms with Crippen molar-refractivity contribution >= 4 is 15.9 Å². The number of amides is 1. The van der Waals surface area contributed by atoms with Crippen LogP contribution in [0.25, 0.3) is 0 Å². The second kappa shape index (κ2) is 10.9. The van der Waals surface area contributed by atoms with Crippen molar-refractivity contribution in [3.8, 4) is 0 Å². The third-order valence-electron chi connectivity index (χ3n) is 5.42. The summed E-state index contributed by atoms with van der Waals surface area (Å²) in [6.07, 6.45) is 3.24. The van der Waals surface area contributed by atoms with E-state index in [-0.39, 0.29) is 17.7 Å². The lowest BCUT2D eigenvalue weighted by molar-refractivity contribution is -0.134. The molecule has 168 valence electrons. The molecule has 0 aliphatic carbocycles. The molecule has 0 saturated carbocycles. The van der Waals surface area contributed by atoms with Crippen LogP contribution in [-0.2, 0) is 27.1 Å². The van der Waals surface area contributed by atoms with E-state index in [0.29, 0.717) is 6.54 Å². The van der Waals surface area contributed by atoms with E-state index in [2.05, 4.69) is 10.0 Å². The highest BCUT2D eigenvalue weighted by atomic mass is 32.2. The number of rotatable bonds is 9. The molecule has 1 aliphatic rings. The number of hydrogen-bond donors (Lipinski definition) is 2. The van der Waals surface area contributed by atoms with Crippen molar-refractivity contribution in [2.45, 2.75) is 57.5 Å². The van der Waals surface area contributed by atoms with Gasteiger partial charge in [-0.05, 0) is 49.8 Å². The van der Waals surface area contributed by atoms with E-state index in [4.69, 9.17) is 0 Å². The van der Waals surface area contributed by atoms with Gasteiger partial charge in [-0.25, -0.2) is 13.1 Å². The fraction of sp³-hybridized carbons (Fsp3) is 0.458. The van der Waals surface area contributed by atoms with E-state index in [1.165, 1.54) is 6.42 Å². The minimum Gasteiger partial charge on any atom is -0.341 e. The van der Waals surface area contributed by atoms with E-state index in [0.717, 1.165) is 42.6 Å². The van der Waals surface area contributed by atoms with E-state index < -0.39 is 16.1 Å². The summed E-state index contributed by atoms with van der Waals surface area (Å²) >= 11 is 0. The Kier molecular flexibility index (Phi) is 8.23. The van der Waals surface area contributed by atoms with Crippen LogP contribution in [0.5, 0.6) is 0 Å². The predicted molar refractivity (Wildman–Crippen MR) is 124 cm³/mol. The molecular formula is C24H33N3O3S. The Morgan fingerprint density at radius 1 is 0.935 bits per heavy atom. The van der Waals surface area contributed by atoms with Gasteiger partial charge < -0.3 is 4.90 Å². The predicted octanol–water partition coefficient (Wildman–Crippen LogP) is 3.36. The van der Waals surface area contributed by atoms with Crippen LogP contribution in [0.15, 0.2) is 54.6 Å². The maximum absolute atomic E-state index is 13.3. The molecule has 1 fully saturated rings. The molecule has 1 amide bonds. The Bertz CT molecular complexity index is 955. The number of sulfonamides is 1. The maximum atomic E-state index is 13.3. The molecule has 3 rings (SSSR count). The third kappa shape index (κ3) is 6.89. The summed E-state index contributed by atoms with van der Waals surface area (Å²) in [5.74, 6) is -0.00322. The van der Waals surface area contributed by atoms with Crippen molar-refractivity contribution in [1.82, 2.24) is 14.9 Å². The van der Waals surface area contributed by atoms with Crippen LogP contribution in [0, 0.1) is 0 Å². The number of likely N-dealkylation sites (tertiary alicyclic amines) is 1. The number of nitrogens with zero attached hydrogens (tertiary/aromatic N) is 1. The summed E-state index contributed by atoms with van der Waals surface area (Å²) in [7, 11) is -3.43. The van der Waals surface area contributed by atoms with Gasteiger partial charge in [-0.3, -0.25) is 10.1 Å².